The fourth-order valence-electron chi connectivity index (χ4n) is 3.70. The third kappa shape index (κ3) is 4.33. The number of hydrogen-bond donors (Lipinski definition) is 1. The monoisotopic (exact) mass is 444 g/mol. The molecule has 0 amide bonds. The van der Waals surface area contributed by atoms with E-state index in [1.54, 1.807) is 24.2 Å². The number of aromatic nitrogens is 2. The van der Waals surface area contributed by atoms with Crippen LogP contribution in [0.2, 0.25) is 0 Å². The van der Waals surface area contributed by atoms with Gasteiger partial charge in [-0.1, -0.05) is 42.1 Å². The second kappa shape index (κ2) is 8.91. The smallest absolute Gasteiger partial charge is 0.170 e. The van der Waals surface area contributed by atoms with Crippen LogP contribution in [-0.4, -0.2) is 20.0 Å². The Morgan fingerprint density at radius 3 is 2.42 bits per heavy atom. The summed E-state index contributed by atoms with van der Waals surface area (Å²) < 4.78 is 6.31. The molecule has 2 atom stereocenters. The molecule has 7 heteroatoms. The summed E-state index contributed by atoms with van der Waals surface area (Å²) in [7, 11) is 0. The van der Waals surface area contributed by atoms with Gasteiger partial charge in [0, 0.05) is 17.3 Å². The number of furan rings is 1. The van der Waals surface area contributed by atoms with Crippen molar-refractivity contribution in [3.8, 4) is 0 Å². The molecule has 5 rings (SSSR count). The highest BCUT2D eigenvalue weighted by Crippen LogP contribution is 2.41. The lowest BCUT2D eigenvalue weighted by atomic mass is 10.0. The van der Waals surface area contributed by atoms with Crippen LogP contribution >= 0.6 is 24.0 Å². The molecule has 0 saturated carbocycles. The summed E-state index contributed by atoms with van der Waals surface area (Å²) in [6, 6.07) is 25.8. The minimum Gasteiger partial charge on any atom is -0.452 e. The molecule has 3 aromatic heterocycles. The summed E-state index contributed by atoms with van der Waals surface area (Å²) in [6.07, 6.45) is 3.60. The van der Waals surface area contributed by atoms with E-state index in [9.17, 15) is 0 Å². The Balaban J connectivity index is 1.48. The highest BCUT2D eigenvalue weighted by Gasteiger charge is 2.41. The second-order valence-electron chi connectivity index (χ2n) is 7.15. The Kier molecular flexibility index (Phi) is 5.69. The first-order chi connectivity index (χ1) is 15.3. The lowest BCUT2D eigenvalue weighted by molar-refractivity contribution is 0.253. The number of thiocarbonyl (C=S) groups is 1. The third-order valence-corrected chi connectivity index (χ3v) is 6.39. The molecule has 1 fully saturated rings. The molecule has 1 aromatic carbocycles. The van der Waals surface area contributed by atoms with Crippen LogP contribution in [0.5, 0.6) is 0 Å². The normalized spacial score (nSPS) is 18.2. The SMILES string of the molecule is S=C1N[C@@H](c2ccccn2)[C@H](c2ccc(Sc3ccccc3)o2)N1Cc1ccccn1. The van der Waals surface area contributed by atoms with E-state index in [-0.39, 0.29) is 12.1 Å². The van der Waals surface area contributed by atoms with Crippen molar-refractivity contribution < 1.29 is 4.42 Å². The number of benzene rings is 1. The maximum Gasteiger partial charge on any atom is 0.170 e. The van der Waals surface area contributed by atoms with Crippen molar-refractivity contribution in [2.24, 2.45) is 0 Å². The molecule has 1 aliphatic rings. The predicted octanol–water partition coefficient (Wildman–Crippen LogP) is 5.39. The number of nitrogens with one attached hydrogen (secondary N) is 1. The molecule has 1 aliphatic heterocycles. The van der Waals surface area contributed by atoms with Gasteiger partial charge in [-0.3, -0.25) is 9.97 Å². The van der Waals surface area contributed by atoms with E-state index in [1.165, 1.54) is 0 Å². The van der Waals surface area contributed by atoms with Crippen LogP contribution < -0.4 is 5.32 Å². The Bertz CT molecular complexity index is 1150. The van der Waals surface area contributed by atoms with Gasteiger partial charge < -0.3 is 14.6 Å². The van der Waals surface area contributed by atoms with Gasteiger partial charge in [0.05, 0.1) is 24.0 Å². The van der Waals surface area contributed by atoms with Gasteiger partial charge in [0.25, 0.3) is 0 Å². The van der Waals surface area contributed by atoms with Crippen LogP contribution in [0, 0.1) is 0 Å². The zero-order valence-electron chi connectivity index (χ0n) is 16.6. The minimum atomic E-state index is -0.130. The first-order valence-electron chi connectivity index (χ1n) is 9.98. The second-order valence-corrected chi connectivity index (χ2v) is 8.61. The molecule has 154 valence electrons. The number of nitrogens with zero attached hydrogens (tertiary/aromatic N) is 3. The average molecular weight is 445 g/mol. The van der Waals surface area contributed by atoms with E-state index in [0.717, 1.165) is 27.1 Å². The summed E-state index contributed by atoms with van der Waals surface area (Å²) in [4.78, 5) is 12.3. The summed E-state index contributed by atoms with van der Waals surface area (Å²) in [5.74, 6) is 0.845. The minimum absolute atomic E-state index is 0.113. The van der Waals surface area contributed by atoms with E-state index in [2.05, 4.69) is 32.3 Å². The van der Waals surface area contributed by atoms with Crippen molar-refractivity contribution in [3.63, 3.8) is 0 Å². The van der Waals surface area contributed by atoms with Crippen molar-refractivity contribution >= 4 is 29.1 Å². The fourth-order valence-corrected chi connectivity index (χ4v) is 4.81. The topological polar surface area (TPSA) is 54.2 Å². The number of rotatable bonds is 6. The largest absolute Gasteiger partial charge is 0.452 e. The quantitative estimate of drug-likeness (QED) is 0.400. The van der Waals surface area contributed by atoms with Gasteiger partial charge >= 0.3 is 0 Å². The van der Waals surface area contributed by atoms with Gasteiger partial charge in [-0.05, 0) is 60.7 Å². The first kappa shape index (κ1) is 19.8. The summed E-state index contributed by atoms with van der Waals surface area (Å²) >= 11 is 7.32. The van der Waals surface area contributed by atoms with Crippen LogP contribution in [0.3, 0.4) is 0 Å². The van der Waals surface area contributed by atoms with Gasteiger partial charge in [0.1, 0.15) is 11.8 Å². The maximum atomic E-state index is 6.31. The van der Waals surface area contributed by atoms with E-state index < -0.39 is 0 Å². The highest BCUT2D eigenvalue weighted by molar-refractivity contribution is 7.99. The molecule has 0 unspecified atom stereocenters. The lowest BCUT2D eigenvalue weighted by Crippen LogP contribution is -2.29. The predicted molar refractivity (Wildman–Crippen MR) is 125 cm³/mol. The summed E-state index contributed by atoms with van der Waals surface area (Å²) in [5, 5.41) is 4.96. The molecule has 1 saturated heterocycles. The first-order valence-corrected chi connectivity index (χ1v) is 11.2. The average Bonchev–Trinajstić information content (AvgIpc) is 3.40. The van der Waals surface area contributed by atoms with Gasteiger partial charge in [-0.25, -0.2) is 0 Å². The van der Waals surface area contributed by atoms with Gasteiger partial charge in [0.2, 0.25) is 0 Å². The summed E-state index contributed by atoms with van der Waals surface area (Å²) in [5.41, 5.74) is 1.87. The molecule has 0 bridgehead atoms. The third-order valence-electron chi connectivity index (χ3n) is 5.11. The van der Waals surface area contributed by atoms with Crippen molar-refractivity contribution in [1.82, 2.24) is 20.2 Å². The van der Waals surface area contributed by atoms with Gasteiger partial charge in [-0.2, -0.15) is 0 Å². The molecule has 5 nitrogen and oxygen atoms in total. The van der Waals surface area contributed by atoms with Gasteiger partial charge in [-0.15, -0.1) is 0 Å². The Hall–Kier alpha value is -3.16. The van der Waals surface area contributed by atoms with Crippen LogP contribution in [0.1, 0.15) is 29.2 Å². The van der Waals surface area contributed by atoms with Crippen LogP contribution in [0.4, 0.5) is 0 Å². The Morgan fingerprint density at radius 1 is 0.903 bits per heavy atom. The highest BCUT2D eigenvalue weighted by atomic mass is 32.2. The molecular weight excluding hydrogens is 424 g/mol. The molecule has 4 aromatic rings. The lowest BCUT2D eigenvalue weighted by Gasteiger charge is -2.25. The van der Waals surface area contributed by atoms with E-state index in [4.69, 9.17) is 16.6 Å². The zero-order valence-corrected chi connectivity index (χ0v) is 18.2. The Labute approximate surface area is 190 Å². The van der Waals surface area contributed by atoms with Crippen LogP contribution in [0.25, 0.3) is 0 Å². The maximum absolute atomic E-state index is 6.31. The molecule has 0 aliphatic carbocycles. The fraction of sp³-hybridized carbons (Fsp3) is 0.125. The molecule has 0 spiro atoms. The number of pyridine rings is 2. The molecular formula is C24H20N4OS2. The van der Waals surface area contributed by atoms with Crippen molar-refractivity contribution in [2.45, 2.75) is 28.6 Å². The van der Waals surface area contributed by atoms with Crippen molar-refractivity contribution in [1.29, 1.82) is 0 Å². The molecule has 1 N–H and O–H groups in total. The number of hydrogen-bond acceptors (Lipinski definition) is 5. The van der Waals surface area contributed by atoms with Crippen molar-refractivity contribution in [2.75, 3.05) is 0 Å². The van der Waals surface area contributed by atoms with E-state index in [1.807, 2.05) is 66.7 Å². The van der Waals surface area contributed by atoms with Crippen LogP contribution in [-0.2, 0) is 6.54 Å². The molecule has 0 radical (unpaired) electrons. The Morgan fingerprint density at radius 2 is 1.68 bits per heavy atom. The summed E-state index contributed by atoms with van der Waals surface area (Å²) in [6.45, 7) is 0.586. The molecule has 4 heterocycles. The van der Waals surface area contributed by atoms with E-state index >= 15 is 0 Å². The van der Waals surface area contributed by atoms with Crippen molar-refractivity contribution in [3.05, 3.63) is 108 Å². The standard InChI is InChI=1S/C24H20N4OS2/c30-24-27-22(19-11-5-7-15-26-19)23(28(24)16-17-8-4-6-14-25-17)20-12-13-21(29-20)31-18-9-2-1-3-10-18/h1-15,22-23H,16H2,(H,27,30)/t22-,23-/m0/s1. The van der Waals surface area contributed by atoms with E-state index in [0.29, 0.717) is 11.7 Å². The van der Waals surface area contributed by atoms with Gasteiger partial charge in [0.15, 0.2) is 10.2 Å². The van der Waals surface area contributed by atoms with Crippen LogP contribution in [0.15, 0.2) is 106 Å². The molecule has 31 heavy (non-hydrogen) atoms. The zero-order chi connectivity index (χ0) is 21.0.